The smallest absolute Gasteiger partial charge is 0.162 e. The van der Waals surface area contributed by atoms with E-state index in [0.29, 0.717) is 12.3 Å². The summed E-state index contributed by atoms with van der Waals surface area (Å²) in [5, 5.41) is 6.87. The Labute approximate surface area is 107 Å². The van der Waals surface area contributed by atoms with Crippen LogP contribution in [-0.2, 0) is 4.79 Å². The van der Waals surface area contributed by atoms with Crippen molar-refractivity contribution in [3.8, 4) is 0 Å². The van der Waals surface area contributed by atoms with Gasteiger partial charge in [0.25, 0.3) is 0 Å². The van der Waals surface area contributed by atoms with E-state index >= 15 is 0 Å². The van der Waals surface area contributed by atoms with Gasteiger partial charge in [0.05, 0.1) is 17.4 Å². The van der Waals surface area contributed by atoms with Gasteiger partial charge in [0.2, 0.25) is 0 Å². The molecule has 3 rings (SSSR count). The first-order valence-corrected chi connectivity index (χ1v) is 6.54. The lowest BCUT2D eigenvalue weighted by molar-refractivity contribution is -0.117. The van der Waals surface area contributed by atoms with E-state index in [9.17, 15) is 4.79 Å². The Hall–Kier alpha value is -1.77. The van der Waals surface area contributed by atoms with Crippen molar-refractivity contribution in [1.29, 1.82) is 0 Å². The average Bonchev–Trinajstić information content (AvgIpc) is 2.43. The SMILES string of the molecule is C[C@@H]1CC(=O)C2=C(C1)Nc1ccccc1N[C@H]2C. The van der Waals surface area contributed by atoms with E-state index in [1.54, 1.807) is 0 Å². The lowest BCUT2D eigenvalue weighted by Crippen LogP contribution is -2.29. The minimum atomic E-state index is 0.0798. The Bertz CT molecular complexity index is 533. The number of benzene rings is 1. The van der Waals surface area contributed by atoms with Crippen LogP contribution in [0.5, 0.6) is 0 Å². The van der Waals surface area contributed by atoms with Crippen molar-refractivity contribution < 1.29 is 4.79 Å². The Kier molecular flexibility index (Phi) is 2.62. The first-order chi connectivity index (χ1) is 8.65. The Balaban J connectivity index is 2.06. The number of hydrogen-bond acceptors (Lipinski definition) is 3. The van der Waals surface area contributed by atoms with Crippen LogP contribution in [-0.4, -0.2) is 11.8 Å². The lowest BCUT2D eigenvalue weighted by Gasteiger charge is -2.25. The molecule has 0 radical (unpaired) electrons. The summed E-state index contributed by atoms with van der Waals surface area (Å²) in [6.45, 7) is 4.20. The normalized spacial score (nSPS) is 26.7. The number of hydrogen-bond donors (Lipinski definition) is 2. The van der Waals surface area contributed by atoms with Crippen molar-refractivity contribution in [2.45, 2.75) is 32.7 Å². The minimum Gasteiger partial charge on any atom is -0.377 e. The highest BCUT2D eigenvalue weighted by molar-refractivity contribution is 6.00. The van der Waals surface area contributed by atoms with Gasteiger partial charge in [-0.05, 0) is 31.4 Å². The van der Waals surface area contributed by atoms with Gasteiger partial charge in [-0.2, -0.15) is 0 Å². The van der Waals surface area contributed by atoms with Crippen LogP contribution in [0.2, 0.25) is 0 Å². The first kappa shape index (κ1) is 11.3. The number of ketones is 1. The molecule has 2 N–H and O–H groups in total. The molecule has 0 fully saturated rings. The number of nitrogens with one attached hydrogen (secondary N) is 2. The summed E-state index contributed by atoms with van der Waals surface area (Å²) in [5.41, 5.74) is 4.17. The topological polar surface area (TPSA) is 41.1 Å². The lowest BCUT2D eigenvalue weighted by atomic mass is 9.84. The van der Waals surface area contributed by atoms with E-state index in [2.05, 4.69) is 30.5 Å². The maximum Gasteiger partial charge on any atom is 0.162 e. The molecule has 1 aliphatic heterocycles. The van der Waals surface area contributed by atoms with Crippen LogP contribution in [0.3, 0.4) is 0 Å². The number of anilines is 2. The second kappa shape index (κ2) is 4.16. The average molecular weight is 242 g/mol. The molecule has 0 unspecified atom stereocenters. The molecule has 3 nitrogen and oxygen atoms in total. The maximum absolute atomic E-state index is 12.2. The summed E-state index contributed by atoms with van der Waals surface area (Å²) in [5.74, 6) is 0.713. The highest BCUT2D eigenvalue weighted by atomic mass is 16.1. The molecular weight excluding hydrogens is 224 g/mol. The summed E-state index contributed by atoms with van der Waals surface area (Å²) in [7, 11) is 0. The van der Waals surface area contributed by atoms with Gasteiger partial charge in [0.1, 0.15) is 0 Å². The van der Waals surface area contributed by atoms with Crippen LogP contribution >= 0.6 is 0 Å². The summed E-state index contributed by atoms with van der Waals surface area (Å²) in [4.78, 5) is 12.2. The molecule has 94 valence electrons. The number of para-hydroxylation sites is 2. The van der Waals surface area contributed by atoms with Crippen molar-refractivity contribution in [1.82, 2.24) is 0 Å². The summed E-state index contributed by atoms with van der Waals surface area (Å²) in [6, 6.07) is 8.20. The molecule has 0 spiro atoms. The number of allylic oxidation sites excluding steroid dienone is 1. The number of rotatable bonds is 0. The third-order valence-corrected chi connectivity index (χ3v) is 3.73. The van der Waals surface area contributed by atoms with Crippen LogP contribution in [0.1, 0.15) is 26.7 Å². The van der Waals surface area contributed by atoms with Crippen LogP contribution < -0.4 is 10.6 Å². The van der Waals surface area contributed by atoms with Crippen LogP contribution in [0.4, 0.5) is 11.4 Å². The van der Waals surface area contributed by atoms with Gasteiger partial charge in [-0.15, -0.1) is 0 Å². The largest absolute Gasteiger partial charge is 0.377 e. The van der Waals surface area contributed by atoms with Gasteiger partial charge in [-0.25, -0.2) is 0 Å². The predicted molar refractivity (Wildman–Crippen MR) is 73.6 cm³/mol. The zero-order valence-electron chi connectivity index (χ0n) is 10.8. The standard InChI is InChI=1S/C15H18N2O/c1-9-7-13-15(14(18)8-9)10(2)16-11-5-3-4-6-12(11)17-13/h3-6,9-10,16-17H,7-8H2,1-2H3/t9-,10-/m0/s1. The summed E-state index contributed by atoms with van der Waals surface area (Å²) >= 11 is 0. The van der Waals surface area contributed by atoms with E-state index < -0.39 is 0 Å². The van der Waals surface area contributed by atoms with E-state index in [0.717, 1.165) is 29.1 Å². The molecule has 1 heterocycles. The molecule has 1 aromatic carbocycles. The van der Waals surface area contributed by atoms with Gasteiger partial charge in [-0.1, -0.05) is 19.1 Å². The fourth-order valence-corrected chi connectivity index (χ4v) is 2.93. The predicted octanol–water partition coefficient (Wildman–Crippen LogP) is 3.17. The summed E-state index contributed by atoms with van der Waals surface area (Å²) < 4.78 is 0. The van der Waals surface area contributed by atoms with Gasteiger partial charge < -0.3 is 10.6 Å². The van der Waals surface area contributed by atoms with E-state index in [1.807, 2.05) is 18.2 Å². The van der Waals surface area contributed by atoms with Crippen molar-refractivity contribution in [2.75, 3.05) is 10.6 Å². The highest BCUT2D eigenvalue weighted by Gasteiger charge is 2.31. The molecule has 0 bridgehead atoms. The molecule has 0 amide bonds. The number of carbonyl (C=O) groups is 1. The van der Waals surface area contributed by atoms with Gasteiger partial charge in [0, 0.05) is 17.7 Å². The highest BCUT2D eigenvalue weighted by Crippen LogP contribution is 2.35. The summed E-state index contributed by atoms with van der Waals surface area (Å²) in [6.07, 6.45) is 1.63. The van der Waals surface area contributed by atoms with Crippen LogP contribution in [0, 0.1) is 5.92 Å². The molecule has 3 heteroatoms. The first-order valence-electron chi connectivity index (χ1n) is 6.54. The molecule has 2 atom stereocenters. The third kappa shape index (κ3) is 1.80. The number of carbonyl (C=O) groups excluding carboxylic acids is 1. The van der Waals surface area contributed by atoms with Gasteiger partial charge >= 0.3 is 0 Å². The molecule has 2 aliphatic rings. The van der Waals surface area contributed by atoms with Gasteiger partial charge in [0.15, 0.2) is 5.78 Å². The Morgan fingerprint density at radius 1 is 1.11 bits per heavy atom. The molecule has 0 saturated heterocycles. The van der Waals surface area contributed by atoms with Crippen molar-refractivity contribution in [2.24, 2.45) is 5.92 Å². The molecule has 1 aromatic rings. The maximum atomic E-state index is 12.2. The molecule has 1 aliphatic carbocycles. The Morgan fingerprint density at radius 2 is 1.83 bits per heavy atom. The number of fused-ring (bicyclic) bond motifs is 1. The monoisotopic (exact) mass is 242 g/mol. The van der Waals surface area contributed by atoms with E-state index in [4.69, 9.17) is 0 Å². The van der Waals surface area contributed by atoms with Crippen LogP contribution in [0.15, 0.2) is 35.5 Å². The van der Waals surface area contributed by atoms with E-state index in [-0.39, 0.29) is 11.8 Å². The van der Waals surface area contributed by atoms with Gasteiger partial charge in [-0.3, -0.25) is 4.79 Å². The fourth-order valence-electron chi connectivity index (χ4n) is 2.93. The van der Waals surface area contributed by atoms with Crippen molar-refractivity contribution in [3.05, 3.63) is 35.5 Å². The zero-order chi connectivity index (χ0) is 12.7. The molecular formula is C15H18N2O. The molecule has 0 saturated carbocycles. The number of Topliss-reactive ketones (excluding diaryl/α,β-unsaturated/α-hetero) is 1. The minimum absolute atomic E-state index is 0.0798. The molecule has 0 aromatic heterocycles. The van der Waals surface area contributed by atoms with Crippen molar-refractivity contribution >= 4 is 17.2 Å². The zero-order valence-corrected chi connectivity index (χ0v) is 10.8. The quantitative estimate of drug-likeness (QED) is 0.734. The Morgan fingerprint density at radius 3 is 2.61 bits per heavy atom. The van der Waals surface area contributed by atoms with Crippen molar-refractivity contribution in [3.63, 3.8) is 0 Å². The second-order valence-electron chi connectivity index (χ2n) is 5.37. The third-order valence-electron chi connectivity index (χ3n) is 3.73. The fraction of sp³-hybridized carbons (Fsp3) is 0.400. The molecule has 18 heavy (non-hydrogen) atoms. The second-order valence-corrected chi connectivity index (χ2v) is 5.37. The van der Waals surface area contributed by atoms with Crippen LogP contribution in [0.25, 0.3) is 0 Å². The van der Waals surface area contributed by atoms with E-state index in [1.165, 1.54) is 0 Å².